The number of fused-ring (bicyclic) bond motifs is 1. The molecule has 3 heterocycles. The van der Waals surface area contributed by atoms with Gasteiger partial charge in [-0.1, -0.05) is 11.3 Å². The fourth-order valence-electron chi connectivity index (χ4n) is 4.25. The number of amides is 1. The number of nitrogens with one attached hydrogen (secondary N) is 1. The van der Waals surface area contributed by atoms with Crippen LogP contribution in [-0.4, -0.2) is 59.7 Å². The fraction of sp³-hybridized carbons (Fsp3) is 0.467. The van der Waals surface area contributed by atoms with Crippen LogP contribution in [0.15, 0.2) is 40.2 Å². The molecule has 4 rings (SSSR count). The summed E-state index contributed by atoms with van der Waals surface area (Å²) in [6, 6.07) is 4.00. The van der Waals surface area contributed by atoms with E-state index >= 15 is 0 Å². The number of carbonyl (C=O) groups excluding carboxylic acids is 2. The number of aromatic nitrogens is 5. The number of hydrogen-bond donors (Lipinski definition) is 2. The molecule has 3 aromatic heterocycles. The molecule has 0 saturated carbocycles. The molecule has 0 aliphatic carbocycles. The summed E-state index contributed by atoms with van der Waals surface area (Å²) in [6.45, 7) is 12.9. The van der Waals surface area contributed by atoms with E-state index in [4.69, 9.17) is 9.84 Å². The predicted octanol–water partition coefficient (Wildman–Crippen LogP) is 3.36. The van der Waals surface area contributed by atoms with Crippen LogP contribution in [0.4, 0.5) is 4.39 Å². The van der Waals surface area contributed by atoms with Crippen LogP contribution in [0, 0.1) is 12.7 Å². The summed E-state index contributed by atoms with van der Waals surface area (Å²) in [6.07, 6.45) is 3.29. The number of carbonyl (C=O) groups is 2. The number of Topliss-reactive ketones (excluding diaryl/α,β-unsaturated/α-hetero) is 1. The van der Waals surface area contributed by atoms with Crippen molar-refractivity contribution >= 4 is 33.2 Å². The third-order valence-corrected chi connectivity index (χ3v) is 8.31. The fourth-order valence-corrected chi connectivity index (χ4v) is 5.49. The summed E-state index contributed by atoms with van der Waals surface area (Å²) < 4.78 is 21.8. The highest BCUT2D eigenvalue weighted by molar-refractivity contribution is 7.21. The minimum Gasteiger partial charge on any atom is -0.496 e. The highest BCUT2D eigenvalue weighted by Crippen LogP contribution is 2.31. The van der Waals surface area contributed by atoms with E-state index < -0.39 is 34.1 Å². The van der Waals surface area contributed by atoms with Crippen LogP contribution >= 0.6 is 11.3 Å². The van der Waals surface area contributed by atoms with Crippen molar-refractivity contribution in [2.45, 2.75) is 85.5 Å². The first kappa shape index (κ1) is 34.3. The summed E-state index contributed by atoms with van der Waals surface area (Å²) in [4.78, 5) is 52.9. The maximum atomic E-state index is 14.0. The number of halogens is 1. The Morgan fingerprint density at radius 1 is 1.16 bits per heavy atom. The highest BCUT2D eigenvalue weighted by Gasteiger charge is 2.35. The minimum absolute atomic E-state index is 0. The highest BCUT2D eigenvalue weighted by atomic mass is 32.1. The molecule has 1 aromatic carbocycles. The first-order valence-corrected chi connectivity index (χ1v) is 14.8. The van der Waals surface area contributed by atoms with E-state index in [1.165, 1.54) is 93.0 Å². The molecular weight excluding hydrogens is 591 g/mol. The zero-order chi connectivity index (χ0) is 33.1. The van der Waals surface area contributed by atoms with Gasteiger partial charge in [0, 0.05) is 19.6 Å². The largest absolute Gasteiger partial charge is 0.496 e. The number of methoxy groups -OCH3 is 1. The average molecular weight is 633 g/mol. The molecule has 0 aliphatic heterocycles. The lowest BCUT2D eigenvalue weighted by Crippen LogP contribution is -2.56. The molecule has 12 nitrogen and oxygen atoms in total. The summed E-state index contributed by atoms with van der Waals surface area (Å²) in [5.74, 6) is -0.600. The SMILES string of the molecule is CC(=O)C(C)(C)O.COc1ccc(F)cc1CCn1c(=O)n(C(C)(C)C(=O)NC(C)C)c(=O)c2c(C)c(-n3nccn3)sc21.[HH]. The van der Waals surface area contributed by atoms with E-state index in [0.29, 0.717) is 32.1 Å². The lowest BCUT2D eigenvalue weighted by atomic mass is 10.0. The summed E-state index contributed by atoms with van der Waals surface area (Å²) >= 11 is 1.20. The van der Waals surface area contributed by atoms with E-state index in [1.54, 1.807) is 20.8 Å². The van der Waals surface area contributed by atoms with Crippen molar-refractivity contribution in [1.29, 1.82) is 0 Å². The monoisotopic (exact) mass is 632 g/mol. The van der Waals surface area contributed by atoms with Gasteiger partial charge in [0.15, 0.2) is 5.78 Å². The van der Waals surface area contributed by atoms with Gasteiger partial charge in [-0.2, -0.15) is 10.2 Å². The Labute approximate surface area is 259 Å². The first-order valence-electron chi connectivity index (χ1n) is 13.9. The molecule has 2 N–H and O–H groups in total. The van der Waals surface area contributed by atoms with Gasteiger partial charge in [-0.3, -0.25) is 19.0 Å². The second kappa shape index (κ2) is 13.2. The van der Waals surface area contributed by atoms with Crippen molar-refractivity contribution in [2.75, 3.05) is 7.11 Å². The Bertz CT molecular complexity index is 1790. The molecule has 0 radical (unpaired) electrons. The van der Waals surface area contributed by atoms with Gasteiger partial charge in [-0.05, 0) is 85.6 Å². The molecule has 0 saturated heterocycles. The van der Waals surface area contributed by atoms with Crippen LogP contribution in [-0.2, 0) is 28.1 Å². The van der Waals surface area contributed by atoms with Gasteiger partial charge in [0.2, 0.25) is 5.91 Å². The lowest BCUT2D eigenvalue weighted by molar-refractivity contribution is -0.131. The van der Waals surface area contributed by atoms with Gasteiger partial charge < -0.3 is 15.2 Å². The zero-order valence-corrected chi connectivity index (χ0v) is 27.2. The molecule has 0 aliphatic rings. The topological polar surface area (TPSA) is 150 Å². The molecule has 0 unspecified atom stereocenters. The van der Waals surface area contributed by atoms with Crippen LogP contribution in [0.25, 0.3) is 15.2 Å². The van der Waals surface area contributed by atoms with Crippen molar-refractivity contribution in [2.24, 2.45) is 0 Å². The number of ether oxygens (including phenoxy) is 1. The van der Waals surface area contributed by atoms with Gasteiger partial charge in [0.25, 0.3) is 5.56 Å². The van der Waals surface area contributed by atoms with Crippen LogP contribution in [0.3, 0.4) is 0 Å². The molecule has 0 atom stereocenters. The maximum Gasteiger partial charge on any atom is 0.333 e. The predicted molar refractivity (Wildman–Crippen MR) is 168 cm³/mol. The Morgan fingerprint density at radius 3 is 2.27 bits per heavy atom. The Balaban J connectivity index is 0.000000791. The van der Waals surface area contributed by atoms with Gasteiger partial charge in [-0.15, -0.1) is 4.80 Å². The third kappa shape index (κ3) is 7.13. The second-order valence-corrected chi connectivity index (χ2v) is 12.6. The third-order valence-electron chi connectivity index (χ3n) is 7.03. The van der Waals surface area contributed by atoms with Gasteiger partial charge in [0.05, 0.1) is 24.9 Å². The quantitative estimate of drug-likeness (QED) is 0.285. The molecule has 0 spiro atoms. The molecule has 240 valence electrons. The normalized spacial score (nSPS) is 11.8. The van der Waals surface area contributed by atoms with Crippen molar-refractivity contribution < 1.29 is 25.2 Å². The van der Waals surface area contributed by atoms with Gasteiger partial charge in [-0.25, -0.2) is 13.8 Å². The van der Waals surface area contributed by atoms with Crippen molar-refractivity contribution in [3.63, 3.8) is 0 Å². The Morgan fingerprint density at radius 2 is 1.75 bits per heavy atom. The van der Waals surface area contributed by atoms with Crippen molar-refractivity contribution in [3.8, 4) is 10.8 Å². The van der Waals surface area contributed by atoms with Crippen LogP contribution in [0.1, 0.15) is 61.0 Å². The smallest absolute Gasteiger partial charge is 0.333 e. The Kier molecular flexibility index (Phi) is 10.3. The maximum absolute atomic E-state index is 14.0. The molecule has 0 fully saturated rings. The van der Waals surface area contributed by atoms with Crippen LogP contribution in [0.5, 0.6) is 5.75 Å². The van der Waals surface area contributed by atoms with E-state index in [9.17, 15) is 23.6 Å². The van der Waals surface area contributed by atoms with Crippen molar-refractivity contribution in [1.82, 2.24) is 29.4 Å². The Hall–Kier alpha value is -4.17. The van der Waals surface area contributed by atoms with Crippen LogP contribution in [0.2, 0.25) is 0 Å². The summed E-state index contributed by atoms with van der Waals surface area (Å²) in [7, 11) is 1.49. The standard InChI is InChI=1S/C25H29FN6O4S.C5H10O2.H2/c1-14(2)29-23(34)25(4,5)31-20(33)19-15(3)21(32-27-10-11-28-32)37-22(19)30(24(31)35)12-9-16-13-17(26)7-8-18(16)36-6;1-4(6)5(2,3)7;/h7-8,10-11,13-14H,9,12H2,1-6H3,(H,29,34);7H,1-3H3;1H. The average Bonchev–Trinajstić information content (AvgIpc) is 3.56. The number of aliphatic hydroxyl groups is 1. The first-order chi connectivity index (χ1) is 20.4. The zero-order valence-electron chi connectivity index (χ0n) is 26.4. The molecule has 14 heteroatoms. The number of rotatable bonds is 9. The van der Waals surface area contributed by atoms with Gasteiger partial charge >= 0.3 is 5.69 Å². The molecule has 0 bridgehead atoms. The summed E-state index contributed by atoms with van der Waals surface area (Å²) in [5, 5.41) is 20.8. The number of hydrogen-bond acceptors (Lipinski definition) is 9. The molecule has 44 heavy (non-hydrogen) atoms. The van der Waals surface area contributed by atoms with E-state index in [0.717, 1.165) is 4.57 Å². The molecule has 4 aromatic rings. The molecular formula is C30H41FN6O6S. The van der Waals surface area contributed by atoms with E-state index in [-0.39, 0.29) is 26.2 Å². The summed E-state index contributed by atoms with van der Waals surface area (Å²) in [5.41, 5.74) is -2.68. The number of thiophene rings is 1. The lowest BCUT2D eigenvalue weighted by Gasteiger charge is -2.27. The number of ketones is 1. The van der Waals surface area contributed by atoms with Crippen molar-refractivity contribution in [3.05, 3.63) is 68.4 Å². The number of benzene rings is 1. The number of aryl methyl sites for hydroxylation is 3. The second-order valence-electron chi connectivity index (χ2n) is 11.6. The molecule has 1 amide bonds. The number of nitrogens with zero attached hydrogens (tertiary/aromatic N) is 5. The van der Waals surface area contributed by atoms with E-state index in [1.807, 2.05) is 0 Å². The van der Waals surface area contributed by atoms with Crippen LogP contribution < -0.4 is 21.3 Å². The van der Waals surface area contributed by atoms with E-state index in [2.05, 4.69) is 15.5 Å². The minimum atomic E-state index is -1.48. The van der Waals surface area contributed by atoms with Gasteiger partial charge in [0.1, 0.15) is 32.5 Å².